The van der Waals surface area contributed by atoms with E-state index < -0.39 is 0 Å². The number of aromatic nitrogens is 2. The first-order valence-electron chi connectivity index (χ1n) is 5.32. The van der Waals surface area contributed by atoms with Gasteiger partial charge in [-0.05, 0) is 13.3 Å². The van der Waals surface area contributed by atoms with E-state index in [0.717, 1.165) is 5.69 Å². The molecule has 0 unspecified atom stereocenters. The van der Waals surface area contributed by atoms with E-state index in [0.29, 0.717) is 18.5 Å². The highest BCUT2D eigenvalue weighted by Gasteiger charge is 2.19. The molecule has 0 radical (unpaired) electrons. The molecular weight excluding hydrogens is 204 g/mol. The van der Waals surface area contributed by atoms with Crippen molar-refractivity contribution in [3.05, 3.63) is 17.5 Å². The Hall–Kier alpha value is -1.83. The van der Waals surface area contributed by atoms with Crippen LogP contribution in [0.4, 0.5) is 0 Å². The summed E-state index contributed by atoms with van der Waals surface area (Å²) in [7, 11) is 1.79. The van der Waals surface area contributed by atoms with Crippen LogP contribution < -0.4 is 0 Å². The molecule has 0 spiro atoms. The Kier molecular flexibility index (Phi) is 4.06. The monoisotopic (exact) mass is 220 g/mol. The van der Waals surface area contributed by atoms with Crippen LogP contribution in [0, 0.1) is 11.3 Å². The van der Waals surface area contributed by atoms with Crippen molar-refractivity contribution in [3.63, 3.8) is 0 Å². The second kappa shape index (κ2) is 5.31. The molecule has 1 amide bonds. The minimum Gasteiger partial charge on any atom is -0.325 e. The second-order valence-electron chi connectivity index (χ2n) is 3.49. The first-order valence-corrected chi connectivity index (χ1v) is 5.32. The van der Waals surface area contributed by atoms with Gasteiger partial charge in [0.2, 0.25) is 0 Å². The predicted octanol–water partition coefficient (Wildman–Crippen LogP) is 0.968. The zero-order chi connectivity index (χ0) is 12.1. The third-order valence-corrected chi connectivity index (χ3v) is 2.40. The van der Waals surface area contributed by atoms with Crippen LogP contribution in [0.2, 0.25) is 0 Å². The fourth-order valence-corrected chi connectivity index (χ4v) is 1.56. The maximum Gasteiger partial charge on any atom is 0.258 e. The third-order valence-electron chi connectivity index (χ3n) is 2.40. The second-order valence-corrected chi connectivity index (χ2v) is 3.49. The van der Waals surface area contributed by atoms with Crippen LogP contribution in [0.5, 0.6) is 0 Å². The topological polar surface area (TPSA) is 61.9 Å². The smallest absolute Gasteiger partial charge is 0.258 e. The summed E-state index contributed by atoms with van der Waals surface area (Å²) in [5.74, 6) is -0.117. The highest BCUT2D eigenvalue weighted by molar-refractivity contribution is 5.95. The molecule has 0 atom stereocenters. The van der Waals surface area contributed by atoms with Crippen LogP contribution in [0.15, 0.2) is 6.20 Å². The van der Waals surface area contributed by atoms with Crippen molar-refractivity contribution >= 4 is 5.91 Å². The average Bonchev–Trinajstić information content (AvgIpc) is 2.66. The molecule has 0 aromatic carbocycles. The van der Waals surface area contributed by atoms with E-state index >= 15 is 0 Å². The van der Waals surface area contributed by atoms with Gasteiger partial charge in [-0.3, -0.25) is 9.48 Å². The van der Waals surface area contributed by atoms with Crippen molar-refractivity contribution in [2.24, 2.45) is 7.05 Å². The van der Waals surface area contributed by atoms with Gasteiger partial charge >= 0.3 is 0 Å². The van der Waals surface area contributed by atoms with Gasteiger partial charge in [0.1, 0.15) is 6.54 Å². The molecule has 0 saturated carbocycles. The van der Waals surface area contributed by atoms with Gasteiger partial charge in [-0.2, -0.15) is 10.4 Å². The third kappa shape index (κ3) is 2.40. The first-order chi connectivity index (χ1) is 7.63. The number of carbonyl (C=O) groups excluding carboxylic acids is 1. The summed E-state index contributed by atoms with van der Waals surface area (Å²) in [6, 6.07) is 1.99. The first kappa shape index (κ1) is 12.2. The maximum atomic E-state index is 12.1. The SMILES string of the molecule is CCc1nn(C)cc1C(=O)N(CC)CC#N. The Bertz CT molecular complexity index is 416. The molecule has 1 aromatic rings. The van der Waals surface area contributed by atoms with Crippen LogP contribution in [-0.4, -0.2) is 33.7 Å². The van der Waals surface area contributed by atoms with Gasteiger partial charge < -0.3 is 4.90 Å². The molecule has 0 fully saturated rings. The van der Waals surface area contributed by atoms with Gasteiger partial charge in [0.05, 0.1) is 17.3 Å². The fraction of sp³-hybridized carbons (Fsp3) is 0.545. The van der Waals surface area contributed by atoms with E-state index in [9.17, 15) is 4.79 Å². The molecular formula is C11H16N4O. The van der Waals surface area contributed by atoms with E-state index in [1.807, 2.05) is 19.9 Å². The number of nitrogens with zero attached hydrogens (tertiary/aromatic N) is 4. The molecule has 0 aliphatic carbocycles. The van der Waals surface area contributed by atoms with Crippen molar-refractivity contribution in [1.29, 1.82) is 5.26 Å². The van der Waals surface area contributed by atoms with E-state index in [1.54, 1.807) is 17.9 Å². The predicted molar refractivity (Wildman–Crippen MR) is 59.8 cm³/mol. The Labute approximate surface area is 95.3 Å². The van der Waals surface area contributed by atoms with E-state index in [1.165, 1.54) is 4.90 Å². The number of rotatable bonds is 4. The largest absolute Gasteiger partial charge is 0.325 e. The Morgan fingerprint density at radius 3 is 2.81 bits per heavy atom. The molecule has 16 heavy (non-hydrogen) atoms. The molecule has 5 nitrogen and oxygen atoms in total. The molecule has 0 N–H and O–H groups in total. The summed E-state index contributed by atoms with van der Waals surface area (Å²) in [6.45, 7) is 4.47. The molecule has 86 valence electrons. The molecule has 1 heterocycles. The summed E-state index contributed by atoms with van der Waals surface area (Å²) in [4.78, 5) is 13.6. The minimum absolute atomic E-state index is 0.117. The van der Waals surface area contributed by atoms with Gasteiger partial charge in [-0.1, -0.05) is 6.92 Å². The molecule has 5 heteroatoms. The summed E-state index contributed by atoms with van der Waals surface area (Å²) >= 11 is 0. The Balaban J connectivity index is 2.98. The average molecular weight is 220 g/mol. The Morgan fingerprint density at radius 1 is 1.62 bits per heavy atom. The number of aryl methyl sites for hydroxylation is 2. The van der Waals surface area contributed by atoms with Crippen LogP contribution in [0.25, 0.3) is 0 Å². The van der Waals surface area contributed by atoms with E-state index in [4.69, 9.17) is 5.26 Å². The lowest BCUT2D eigenvalue weighted by molar-refractivity contribution is 0.0783. The number of hydrogen-bond acceptors (Lipinski definition) is 3. The van der Waals surface area contributed by atoms with Gasteiger partial charge in [-0.25, -0.2) is 0 Å². The zero-order valence-corrected chi connectivity index (χ0v) is 9.90. The molecule has 0 aliphatic rings. The molecule has 0 bridgehead atoms. The van der Waals surface area contributed by atoms with Gasteiger partial charge in [0, 0.05) is 19.8 Å². The highest BCUT2D eigenvalue weighted by Crippen LogP contribution is 2.10. The number of hydrogen-bond donors (Lipinski definition) is 0. The summed E-state index contributed by atoms with van der Waals surface area (Å²) in [5.41, 5.74) is 1.38. The summed E-state index contributed by atoms with van der Waals surface area (Å²) < 4.78 is 1.63. The minimum atomic E-state index is -0.117. The van der Waals surface area contributed by atoms with E-state index in [-0.39, 0.29) is 12.5 Å². The van der Waals surface area contributed by atoms with Gasteiger partial charge in [0.25, 0.3) is 5.91 Å². The molecule has 1 aromatic heterocycles. The maximum absolute atomic E-state index is 12.1. The lowest BCUT2D eigenvalue weighted by Gasteiger charge is -2.16. The lowest BCUT2D eigenvalue weighted by atomic mass is 10.2. The van der Waals surface area contributed by atoms with Crippen molar-refractivity contribution in [3.8, 4) is 6.07 Å². The van der Waals surface area contributed by atoms with Gasteiger partial charge in [-0.15, -0.1) is 0 Å². The van der Waals surface area contributed by atoms with Crippen LogP contribution >= 0.6 is 0 Å². The lowest BCUT2D eigenvalue weighted by Crippen LogP contribution is -2.31. The van der Waals surface area contributed by atoms with Crippen molar-refractivity contribution in [2.45, 2.75) is 20.3 Å². The summed E-state index contributed by atoms with van der Waals surface area (Å²) in [5, 5.41) is 12.8. The van der Waals surface area contributed by atoms with Crippen molar-refractivity contribution in [2.75, 3.05) is 13.1 Å². The van der Waals surface area contributed by atoms with Crippen LogP contribution in [-0.2, 0) is 13.5 Å². The highest BCUT2D eigenvalue weighted by atomic mass is 16.2. The number of nitriles is 1. The zero-order valence-electron chi connectivity index (χ0n) is 9.90. The van der Waals surface area contributed by atoms with Crippen LogP contribution in [0.1, 0.15) is 29.9 Å². The molecule has 0 saturated heterocycles. The van der Waals surface area contributed by atoms with E-state index in [2.05, 4.69) is 5.10 Å². The van der Waals surface area contributed by atoms with Crippen molar-refractivity contribution < 1.29 is 4.79 Å². The molecule has 0 aliphatic heterocycles. The Morgan fingerprint density at radius 2 is 2.31 bits per heavy atom. The van der Waals surface area contributed by atoms with Crippen LogP contribution in [0.3, 0.4) is 0 Å². The van der Waals surface area contributed by atoms with Crippen molar-refractivity contribution in [1.82, 2.24) is 14.7 Å². The van der Waals surface area contributed by atoms with Gasteiger partial charge in [0.15, 0.2) is 0 Å². The normalized spacial score (nSPS) is 9.88. The number of amides is 1. The fourth-order valence-electron chi connectivity index (χ4n) is 1.56. The quantitative estimate of drug-likeness (QED) is 0.710. The number of carbonyl (C=O) groups is 1. The summed E-state index contributed by atoms with van der Waals surface area (Å²) in [6.07, 6.45) is 2.42. The molecule has 1 rings (SSSR count). The standard InChI is InChI=1S/C11H16N4O/c1-4-10-9(8-14(3)13-10)11(16)15(5-2)7-6-12/h8H,4-5,7H2,1-3H3.